The molecule has 0 amide bonds. The molecule has 11 rings (SSSR count). The summed E-state index contributed by atoms with van der Waals surface area (Å²) >= 11 is 0. The monoisotopic (exact) mass is 627 g/mol. The molecule has 230 valence electrons. The predicted octanol–water partition coefficient (Wildman–Crippen LogP) is 10.7. The molecule has 1 aliphatic rings. The van der Waals surface area contributed by atoms with Gasteiger partial charge in [-0.1, -0.05) is 117 Å². The molecular formula is C45H29N3O. The van der Waals surface area contributed by atoms with Gasteiger partial charge >= 0.3 is 0 Å². The molecule has 0 saturated carbocycles. The third kappa shape index (κ3) is 3.33. The third-order valence-corrected chi connectivity index (χ3v) is 11.0. The van der Waals surface area contributed by atoms with Crippen LogP contribution >= 0.6 is 0 Å². The van der Waals surface area contributed by atoms with Gasteiger partial charge in [-0.2, -0.15) is 0 Å². The van der Waals surface area contributed by atoms with Crippen molar-refractivity contribution in [2.75, 3.05) is 0 Å². The number of aromatic nitrogens is 3. The summed E-state index contributed by atoms with van der Waals surface area (Å²) in [6.45, 7) is 4.73. The van der Waals surface area contributed by atoms with Crippen molar-refractivity contribution in [1.82, 2.24) is 14.0 Å². The molecular weight excluding hydrogens is 599 g/mol. The van der Waals surface area contributed by atoms with Crippen LogP contribution in [0.4, 0.5) is 0 Å². The number of hydrogen-bond donors (Lipinski definition) is 0. The molecule has 0 spiro atoms. The fourth-order valence-electron chi connectivity index (χ4n) is 8.91. The Hall–Kier alpha value is -6.26. The first-order valence-corrected chi connectivity index (χ1v) is 16.9. The molecule has 1 aliphatic carbocycles. The molecule has 4 heteroatoms. The van der Waals surface area contributed by atoms with Gasteiger partial charge in [0.05, 0.1) is 27.8 Å². The fraction of sp³-hybridized carbons (Fsp3) is 0.0667. The summed E-state index contributed by atoms with van der Waals surface area (Å²) in [6.07, 6.45) is 0. The number of nitrogens with zero attached hydrogens (tertiary/aromatic N) is 3. The first kappa shape index (κ1) is 26.8. The molecule has 0 saturated heterocycles. The number of hydrogen-bond acceptors (Lipinski definition) is 2. The Labute approximate surface area is 281 Å². The fourth-order valence-corrected chi connectivity index (χ4v) is 8.91. The molecule has 49 heavy (non-hydrogen) atoms. The molecule has 10 aromatic rings. The largest absolute Gasteiger partial charge is 0.309 e. The van der Waals surface area contributed by atoms with E-state index in [9.17, 15) is 4.79 Å². The topological polar surface area (TPSA) is 39.3 Å². The van der Waals surface area contributed by atoms with Crippen molar-refractivity contribution in [3.63, 3.8) is 0 Å². The number of fused-ring (bicyclic) bond motifs is 10. The van der Waals surface area contributed by atoms with Crippen LogP contribution in [0.2, 0.25) is 0 Å². The number of rotatable bonds is 2. The van der Waals surface area contributed by atoms with Crippen molar-refractivity contribution in [1.29, 1.82) is 0 Å². The zero-order valence-corrected chi connectivity index (χ0v) is 27.0. The molecule has 0 bridgehead atoms. The SMILES string of the molecule is CC1(C)c2cc3c(cc2-c2ccc4ccccc4c21)c1ccccc1n3-c1ccc2nc(-c3ccccc3)n3c(=O)c4ccccc4c1c23. The van der Waals surface area contributed by atoms with Crippen LogP contribution < -0.4 is 5.56 Å². The van der Waals surface area contributed by atoms with E-state index in [2.05, 4.69) is 109 Å². The van der Waals surface area contributed by atoms with E-state index >= 15 is 0 Å². The van der Waals surface area contributed by atoms with E-state index in [-0.39, 0.29) is 11.0 Å². The van der Waals surface area contributed by atoms with Crippen molar-refractivity contribution < 1.29 is 0 Å². The van der Waals surface area contributed by atoms with Crippen molar-refractivity contribution in [3.8, 4) is 28.2 Å². The highest BCUT2D eigenvalue weighted by atomic mass is 16.1. The summed E-state index contributed by atoms with van der Waals surface area (Å²) in [4.78, 5) is 19.4. The van der Waals surface area contributed by atoms with Gasteiger partial charge in [-0.05, 0) is 74.8 Å². The minimum atomic E-state index is -0.193. The minimum absolute atomic E-state index is 0.0478. The summed E-state index contributed by atoms with van der Waals surface area (Å²) in [5, 5.41) is 7.66. The van der Waals surface area contributed by atoms with Gasteiger partial charge in [0.15, 0.2) is 0 Å². The first-order chi connectivity index (χ1) is 24.0. The number of pyridine rings is 1. The lowest BCUT2D eigenvalue weighted by atomic mass is 9.80. The summed E-state index contributed by atoms with van der Waals surface area (Å²) in [5.41, 5.74) is 11.0. The Morgan fingerprint density at radius 1 is 0.592 bits per heavy atom. The summed E-state index contributed by atoms with van der Waals surface area (Å²) in [5.74, 6) is 0.667. The van der Waals surface area contributed by atoms with Gasteiger partial charge in [0, 0.05) is 32.5 Å². The maximum absolute atomic E-state index is 14.3. The van der Waals surface area contributed by atoms with Gasteiger partial charge in [-0.15, -0.1) is 0 Å². The van der Waals surface area contributed by atoms with Gasteiger partial charge in [0.25, 0.3) is 5.56 Å². The summed E-state index contributed by atoms with van der Waals surface area (Å²) in [6, 6.07) is 49.2. The zero-order chi connectivity index (χ0) is 32.6. The molecule has 0 atom stereocenters. The van der Waals surface area contributed by atoms with Crippen LogP contribution in [0.25, 0.3) is 88.0 Å². The van der Waals surface area contributed by atoms with Crippen molar-refractivity contribution >= 4 is 59.8 Å². The van der Waals surface area contributed by atoms with Crippen LogP contribution in [-0.4, -0.2) is 14.0 Å². The Morgan fingerprint density at radius 3 is 2.14 bits per heavy atom. The second-order valence-electron chi connectivity index (χ2n) is 13.9. The summed E-state index contributed by atoms with van der Waals surface area (Å²) in [7, 11) is 0. The van der Waals surface area contributed by atoms with Gasteiger partial charge in [-0.25, -0.2) is 4.98 Å². The van der Waals surface area contributed by atoms with Crippen LogP contribution in [0.3, 0.4) is 0 Å². The lowest BCUT2D eigenvalue weighted by molar-refractivity contribution is 0.667. The molecule has 0 aliphatic heterocycles. The van der Waals surface area contributed by atoms with Crippen LogP contribution in [0.1, 0.15) is 25.0 Å². The third-order valence-electron chi connectivity index (χ3n) is 11.0. The molecule has 0 fully saturated rings. The standard InChI is InChI=1S/C45H29N3O/c1-45(2)35-25-39-34(24-33(35)31-21-20-26-12-6-7-15-28(26)41(31)45)29-16-10-11-19-37(29)47(39)38-23-22-36-42-40(38)30-17-8-9-18-32(30)44(49)48(42)43(46-36)27-13-4-3-5-14-27/h3-25H,1-2H3. The highest BCUT2D eigenvalue weighted by Gasteiger charge is 2.38. The zero-order valence-electron chi connectivity index (χ0n) is 27.0. The van der Waals surface area contributed by atoms with Crippen LogP contribution in [0.15, 0.2) is 144 Å². The molecule has 4 nitrogen and oxygen atoms in total. The van der Waals surface area contributed by atoms with Crippen LogP contribution in [0.5, 0.6) is 0 Å². The Balaban J connectivity index is 1.29. The molecule has 7 aromatic carbocycles. The van der Waals surface area contributed by atoms with E-state index < -0.39 is 0 Å². The quantitative estimate of drug-likeness (QED) is 0.179. The van der Waals surface area contributed by atoms with Crippen molar-refractivity contribution in [2.24, 2.45) is 0 Å². The van der Waals surface area contributed by atoms with Crippen LogP contribution in [0, 0.1) is 0 Å². The molecule has 3 heterocycles. The second kappa shape index (κ2) is 9.21. The number of imidazole rings is 1. The van der Waals surface area contributed by atoms with E-state index in [1.807, 2.05) is 52.9 Å². The second-order valence-corrected chi connectivity index (χ2v) is 13.9. The Bertz CT molecular complexity index is 3090. The first-order valence-electron chi connectivity index (χ1n) is 16.9. The van der Waals surface area contributed by atoms with Crippen molar-refractivity contribution in [3.05, 3.63) is 161 Å². The highest BCUT2D eigenvalue weighted by Crippen LogP contribution is 2.53. The predicted molar refractivity (Wildman–Crippen MR) is 203 cm³/mol. The van der Waals surface area contributed by atoms with Crippen LogP contribution in [-0.2, 0) is 5.41 Å². The Morgan fingerprint density at radius 2 is 1.31 bits per heavy atom. The molecule has 0 N–H and O–H groups in total. The lowest BCUT2D eigenvalue weighted by Gasteiger charge is -2.23. The average molecular weight is 628 g/mol. The van der Waals surface area contributed by atoms with E-state index in [0.717, 1.165) is 44.1 Å². The van der Waals surface area contributed by atoms with Gasteiger partial charge < -0.3 is 4.57 Å². The number of benzene rings is 7. The van der Waals surface area contributed by atoms with Crippen molar-refractivity contribution in [2.45, 2.75) is 19.3 Å². The van der Waals surface area contributed by atoms with E-state index in [0.29, 0.717) is 11.2 Å². The van der Waals surface area contributed by atoms with E-state index in [1.54, 1.807) is 0 Å². The maximum atomic E-state index is 14.3. The molecule has 3 aromatic heterocycles. The van der Waals surface area contributed by atoms with Gasteiger partial charge in [0.2, 0.25) is 0 Å². The van der Waals surface area contributed by atoms with E-state index in [4.69, 9.17) is 4.98 Å². The minimum Gasteiger partial charge on any atom is -0.309 e. The number of para-hydroxylation sites is 1. The van der Waals surface area contributed by atoms with E-state index in [1.165, 1.54) is 43.8 Å². The smallest absolute Gasteiger partial charge is 0.264 e. The normalized spacial score (nSPS) is 13.8. The maximum Gasteiger partial charge on any atom is 0.264 e. The van der Waals surface area contributed by atoms with Gasteiger partial charge in [0.1, 0.15) is 5.82 Å². The Kier molecular flexibility index (Phi) is 5.03. The molecule has 0 radical (unpaired) electrons. The summed E-state index contributed by atoms with van der Waals surface area (Å²) < 4.78 is 4.26. The lowest BCUT2D eigenvalue weighted by Crippen LogP contribution is -2.16. The van der Waals surface area contributed by atoms with Gasteiger partial charge in [-0.3, -0.25) is 9.20 Å². The highest BCUT2D eigenvalue weighted by molar-refractivity contribution is 6.18. The average Bonchev–Trinajstić information content (AvgIpc) is 3.76. The molecule has 0 unspecified atom stereocenters.